The number of aliphatic carboxylic acids is 1. The van der Waals surface area contributed by atoms with Crippen LogP contribution in [0.5, 0.6) is 0 Å². The number of carbonyl (C=O) groups is 2. The van der Waals surface area contributed by atoms with Crippen LogP contribution in [0.2, 0.25) is 0 Å². The molecule has 2 heterocycles. The first-order valence-electron chi connectivity index (χ1n) is 7.73. The van der Waals surface area contributed by atoms with Crippen molar-refractivity contribution in [1.82, 2.24) is 15.5 Å². The third-order valence-corrected chi connectivity index (χ3v) is 4.13. The molecule has 2 saturated heterocycles. The lowest BCUT2D eigenvalue weighted by atomic mass is 10.2. The molecule has 120 valence electrons. The maximum Gasteiger partial charge on any atom is 0.326 e. The van der Waals surface area contributed by atoms with Gasteiger partial charge in [0, 0.05) is 19.1 Å². The molecule has 2 unspecified atom stereocenters. The van der Waals surface area contributed by atoms with Gasteiger partial charge in [0.2, 0.25) is 0 Å². The molecule has 0 bridgehead atoms. The molecule has 0 aromatic rings. The van der Waals surface area contributed by atoms with Gasteiger partial charge in [0.05, 0.1) is 12.7 Å². The van der Waals surface area contributed by atoms with E-state index >= 15 is 0 Å². The number of rotatable bonds is 6. The number of urea groups is 1. The van der Waals surface area contributed by atoms with Gasteiger partial charge >= 0.3 is 12.0 Å². The smallest absolute Gasteiger partial charge is 0.326 e. The molecule has 2 aliphatic heterocycles. The topological polar surface area (TPSA) is 90.9 Å². The van der Waals surface area contributed by atoms with Gasteiger partial charge in [-0.1, -0.05) is 13.3 Å². The highest BCUT2D eigenvalue weighted by molar-refractivity contribution is 5.82. The number of carboxylic acids is 1. The lowest BCUT2D eigenvalue weighted by molar-refractivity contribution is -0.139. The molecule has 3 N–H and O–H groups in total. The molecule has 3 atom stereocenters. The molecule has 2 fully saturated rings. The van der Waals surface area contributed by atoms with Crippen LogP contribution in [-0.2, 0) is 9.53 Å². The van der Waals surface area contributed by atoms with Gasteiger partial charge in [0.1, 0.15) is 6.04 Å². The summed E-state index contributed by atoms with van der Waals surface area (Å²) in [5, 5.41) is 14.2. The summed E-state index contributed by atoms with van der Waals surface area (Å²) in [4.78, 5) is 25.1. The summed E-state index contributed by atoms with van der Waals surface area (Å²) in [5.74, 6) is -0.999. The van der Waals surface area contributed by atoms with E-state index in [4.69, 9.17) is 9.84 Å². The number of amides is 2. The fourth-order valence-electron chi connectivity index (χ4n) is 2.97. The summed E-state index contributed by atoms with van der Waals surface area (Å²) in [6.45, 7) is 4.96. The van der Waals surface area contributed by atoms with Crippen molar-refractivity contribution in [2.75, 3.05) is 26.2 Å². The fraction of sp³-hybridized carbons (Fsp3) is 0.857. The van der Waals surface area contributed by atoms with Crippen molar-refractivity contribution in [3.05, 3.63) is 0 Å². The number of nitrogens with zero attached hydrogens (tertiary/aromatic N) is 1. The number of ether oxygens (including phenoxy) is 1. The highest BCUT2D eigenvalue weighted by Gasteiger charge is 2.32. The highest BCUT2D eigenvalue weighted by atomic mass is 16.5. The standard InChI is InChI=1S/C14H25N3O4/c1-2-4-12(13(18)19)16-14(20)15-7-11-8-17-6-3-5-10(17)9-21-11/h10-12H,2-9H2,1H3,(H,18,19)(H2,15,16,20)/t10?,11?,12-/m0/s1. The van der Waals surface area contributed by atoms with Crippen LogP contribution in [0.3, 0.4) is 0 Å². The Balaban J connectivity index is 1.70. The van der Waals surface area contributed by atoms with Gasteiger partial charge in [-0.05, 0) is 25.8 Å². The average molecular weight is 299 g/mol. The first kappa shape index (κ1) is 16.0. The van der Waals surface area contributed by atoms with E-state index in [2.05, 4.69) is 15.5 Å². The number of carboxylic acid groups (broad SMARTS) is 1. The Bertz CT molecular complexity index is 377. The molecule has 0 spiro atoms. The van der Waals surface area contributed by atoms with Crippen LogP contribution < -0.4 is 10.6 Å². The van der Waals surface area contributed by atoms with Crippen molar-refractivity contribution in [1.29, 1.82) is 0 Å². The summed E-state index contributed by atoms with van der Waals surface area (Å²) in [5.41, 5.74) is 0. The van der Waals surface area contributed by atoms with Crippen LogP contribution in [0, 0.1) is 0 Å². The van der Waals surface area contributed by atoms with Gasteiger partial charge in [-0.3, -0.25) is 4.90 Å². The molecular weight excluding hydrogens is 274 g/mol. The predicted molar refractivity (Wildman–Crippen MR) is 77.2 cm³/mol. The molecule has 2 rings (SSSR count). The number of hydrogen-bond donors (Lipinski definition) is 3. The molecule has 0 radical (unpaired) electrons. The second kappa shape index (κ2) is 7.61. The second-order valence-corrected chi connectivity index (χ2v) is 5.78. The minimum Gasteiger partial charge on any atom is -0.480 e. The summed E-state index contributed by atoms with van der Waals surface area (Å²) >= 11 is 0. The van der Waals surface area contributed by atoms with Gasteiger partial charge in [-0.25, -0.2) is 9.59 Å². The molecule has 7 heteroatoms. The summed E-state index contributed by atoms with van der Waals surface area (Å²) in [7, 11) is 0. The zero-order valence-corrected chi connectivity index (χ0v) is 12.5. The predicted octanol–water partition coefficient (Wildman–Crippen LogP) is 0.402. The van der Waals surface area contributed by atoms with E-state index in [9.17, 15) is 9.59 Å². The molecule has 21 heavy (non-hydrogen) atoms. The molecule has 7 nitrogen and oxygen atoms in total. The minimum absolute atomic E-state index is 0.0143. The largest absolute Gasteiger partial charge is 0.480 e. The number of fused-ring (bicyclic) bond motifs is 1. The minimum atomic E-state index is -0.999. The monoisotopic (exact) mass is 299 g/mol. The molecule has 2 amide bonds. The molecule has 0 saturated carbocycles. The number of carbonyl (C=O) groups excluding carboxylic acids is 1. The normalized spacial score (nSPS) is 26.9. The number of hydrogen-bond acceptors (Lipinski definition) is 4. The quantitative estimate of drug-likeness (QED) is 0.660. The van der Waals surface area contributed by atoms with Crippen LogP contribution in [0.25, 0.3) is 0 Å². The van der Waals surface area contributed by atoms with Gasteiger partial charge in [-0.2, -0.15) is 0 Å². The Labute approximate surface area is 125 Å². The maximum absolute atomic E-state index is 11.7. The third kappa shape index (κ3) is 4.57. The van der Waals surface area contributed by atoms with E-state index in [1.807, 2.05) is 6.92 Å². The van der Waals surface area contributed by atoms with Gasteiger partial charge in [0.25, 0.3) is 0 Å². The van der Waals surface area contributed by atoms with Crippen molar-refractivity contribution in [2.24, 2.45) is 0 Å². The lowest BCUT2D eigenvalue weighted by Crippen LogP contribution is -2.52. The van der Waals surface area contributed by atoms with Crippen molar-refractivity contribution < 1.29 is 19.4 Å². The zero-order valence-electron chi connectivity index (χ0n) is 12.5. The van der Waals surface area contributed by atoms with E-state index in [1.165, 1.54) is 12.8 Å². The average Bonchev–Trinajstić information content (AvgIpc) is 2.92. The van der Waals surface area contributed by atoms with E-state index in [0.717, 1.165) is 19.7 Å². The fourth-order valence-corrected chi connectivity index (χ4v) is 2.97. The van der Waals surface area contributed by atoms with Gasteiger partial charge < -0.3 is 20.5 Å². The van der Waals surface area contributed by atoms with Crippen LogP contribution in [0.15, 0.2) is 0 Å². The summed E-state index contributed by atoms with van der Waals surface area (Å²) in [6.07, 6.45) is 3.53. The summed E-state index contributed by atoms with van der Waals surface area (Å²) < 4.78 is 5.74. The number of nitrogens with one attached hydrogen (secondary N) is 2. The Morgan fingerprint density at radius 1 is 1.48 bits per heavy atom. The molecule has 0 aromatic carbocycles. The van der Waals surface area contributed by atoms with Crippen LogP contribution in [-0.4, -0.2) is 66.4 Å². The van der Waals surface area contributed by atoms with Crippen LogP contribution in [0.4, 0.5) is 4.79 Å². The lowest BCUT2D eigenvalue weighted by Gasteiger charge is -2.35. The van der Waals surface area contributed by atoms with E-state index in [1.54, 1.807) is 0 Å². The van der Waals surface area contributed by atoms with Crippen molar-refractivity contribution in [3.8, 4) is 0 Å². The highest BCUT2D eigenvalue weighted by Crippen LogP contribution is 2.22. The van der Waals surface area contributed by atoms with E-state index in [0.29, 0.717) is 25.4 Å². The Morgan fingerprint density at radius 2 is 2.29 bits per heavy atom. The SMILES string of the molecule is CCC[C@H](NC(=O)NCC1CN2CCCC2CO1)C(=O)O. The third-order valence-electron chi connectivity index (χ3n) is 4.13. The van der Waals surface area contributed by atoms with Gasteiger partial charge in [-0.15, -0.1) is 0 Å². The van der Waals surface area contributed by atoms with E-state index in [-0.39, 0.29) is 6.10 Å². The second-order valence-electron chi connectivity index (χ2n) is 5.78. The van der Waals surface area contributed by atoms with Gasteiger partial charge in [0.15, 0.2) is 0 Å². The molecule has 0 aliphatic carbocycles. The van der Waals surface area contributed by atoms with Crippen LogP contribution >= 0.6 is 0 Å². The van der Waals surface area contributed by atoms with Crippen molar-refractivity contribution in [2.45, 2.75) is 50.8 Å². The molecular formula is C14H25N3O4. The van der Waals surface area contributed by atoms with Crippen molar-refractivity contribution >= 4 is 12.0 Å². The Kier molecular flexibility index (Phi) is 5.81. The van der Waals surface area contributed by atoms with Crippen LogP contribution in [0.1, 0.15) is 32.6 Å². The van der Waals surface area contributed by atoms with Crippen molar-refractivity contribution in [3.63, 3.8) is 0 Å². The number of morpholine rings is 1. The molecule has 0 aromatic heterocycles. The summed E-state index contributed by atoms with van der Waals surface area (Å²) in [6, 6.07) is -0.732. The van der Waals surface area contributed by atoms with E-state index < -0.39 is 18.0 Å². The Morgan fingerprint density at radius 3 is 3.00 bits per heavy atom. The first-order chi connectivity index (χ1) is 10.1. The molecule has 2 aliphatic rings. The maximum atomic E-state index is 11.7. The zero-order chi connectivity index (χ0) is 15.2. The first-order valence-corrected chi connectivity index (χ1v) is 7.73. The Hall–Kier alpha value is -1.34.